The third-order valence-corrected chi connectivity index (χ3v) is 4.70. The van der Waals surface area contributed by atoms with Crippen molar-refractivity contribution >= 4 is 11.7 Å². The summed E-state index contributed by atoms with van der Waals surface area (Å²) < 4.78 is 0. The van der Waals surface area contributed by atoms with Crippen molar-refractivity contribution < 1.29 is 14.7 Å². The maximum absolute atomic E-state index is 13.3. The number of carbonyl (C=O) groups is 2. The number of hydrogen-bond donors (Lipinski definition) is 2. The molecule has 1 aromatic rings. The van der Waals surface area contributed by atoms with Gasteiger partial charge in [-0.3, -0.25) is 9.59 Å². The van der Waals surface area contributed by atoms with Gasteiger partial charge in [0.1, 0.15) is 11.3 Å². The second-order valence-electron chi connectivity index (χ2n) is 9.18. The summed E-state index contributed by atoms with van der Waals surface area (Å²) in [7, 11) is 5.10. The van der Waals surface area contributed by atoms with E-state index in [1.807, 2.05) is 41.5 Å². The number of likely N-dealkylation sites (N-methyl/N-ethyl adjacent to an activating group) is 1. The third kappa shape index (κ3) is 4.90. The summed E-state index contributed by atoms with van der Waals surface area (Å²) in [6.07, 6.45) is 0. The number of phenols is 1. The number of carbonyl (C=O) groups excluding carboxylic acids is 2. The van der Waals surface area contributed by atoms with E-state index in [1.165, 1.54) is 7.05 Å². The van der Waals surface area contributed by atoms with Gasteiger partial charge in [0.05, 0.1) is 0 Å². The number of nitrogens with zero attached hydrogens (tertiary/aromatic N) is 1. The van der Waals surface area contributed by atoms with Gasteiger partial charge >= 0.3 is 0 Å². The Bertz CT molecular complexity index is 741. The second-order valence-corrected chi connectivity index (χ2v) is 9.18. The van der Waals surface area contributed by atoms with Crippen LogP contribution in [0.1, 0.15) is 70.0 Å². The number of phenolic OH excluding ortho intramolecular Hbond substituents is 1. The minimum atomic E-state index is -0.422. The van der Waals surface area contributed by atoms with Crippen LogP contribution in [0.5, 0.6) is 5.75 Å². The lowest BCUT2D eigenvalue weighted by Crippen LogP contribution is -2.29. The molecule has 0 saturated heterocycles. The molecule has 0 atom stereocenters. The van der Waals surface area contributed by atoms with Crippen LogP contribution in [0, 0.1) is 0 Å². The lowest BCUT2D eigenvalue weighted by Gasteiger charge is -2.28. The fourth-order valence-electron chi connectivity index (χ4n) is 2.83. The average Bonchev–Trinajstić information content (AvgIpc) is 2.52. The van der Waals surface area contributed by atoms with Gasteiger partial charge in [-0.1, -0.05) is 41.5 Å². The van der Waals surface area contributed by atoms with Crippen LogP contribution < -0.4 is 5.32 Å². The number of aromatic hydroxyl groups is 1. The van der Waals surface area contributed by atoms with Crippen molar-refractivity contribution in [3.63, 3.8) is 0 Å². The molecule has 0 aliphatic carbocycles. The highest BCUT2D eigenvalue weighted by atomic mass is 16.3. The monoisotopic (exact) mass is 374 g/mol. The van der Waals surface area contributed by atoms with Gasteiger partial charge in [0.25, 0.3) is 5.91 Å². The molecule has 0 heterocycles. The Kier molecular flexibility index (Phi) is 6.53. The topological polar surface area (TPSA) is 69.6 Å². The molecule has 1 rings (SSSR count). The highest BCUT2D eigenvalue weighted by Gasteiger charge is 2.30. The summed E-state index contributed by atoms with van der Waals surface area (Å²) in [5.74, 6) is -0.563. The predicted molar refractivity (Wildman–Crippen MR) is 110 cm³/mol. The second kappa shape index (κ2) is 7.75. The van der Waals surface area contributed by atoms with Crippen molar-refractivity contribution in [2.45, 2.75) is 59.3 Å². The molecule has 1 aromatic carbocycles. The minimum absolute atomic E-state index is 0.105. The van der Waals surface area contributed by atoms with Gasteiger partial charge < -0.3 is 15.3 Å². The van der Waals surface area contributed by atoms with Crippen molar-refractivity contribution in [1.82, 2.24) is 10.2 Å². The molecule has 0 aliphatic rings. The molecule has 0 bridgehead atoms. The molecule has 0 saturated carbocycles. The van der Waals surface area contributed by atoms with Gasteiger partial charge in [0.15, 0.2) is 5.78 Å². The SMILES string of the molecule is CNC(=O)/C(C(=O)c1cc(C(C)(C)C)c(O)c(C(C)(C)C)c1)=C(/C)N(C)C. The summed E-state index contributed by atoms with van der Waals surface area (Å²) in [6, 6.07) is 3.41. The Labute approximate surface area is 163 Å². The molecule has 0 spiro atoms. The zero-order valence-electron chi connectivity index (χ0n) is 18.4. The third-order valence-electron chi connectivity index (χ3n) is 4.70. The molecule has 5 heteroatoms. The average molecular weight is 375 g/mol. The van der Waals surface area contributed by atoms with Gasteiger partial charge in [-0.15, -0.1) is 0 Å². The molecule has 0 radical (unpaired) electrons. The number of ketones is 1. The van der Waals surface area contributed by atoms with Crippen molar-refractivity contribution in [2.75, 3.05) is 21.1 Å². The number of allylic oxidation sites excluding steroid dienone is 1. The zero-order valence-corrected chi connectivity index (χ0v) is 18.4. The quantitative estimate of drug-likeness (QED) is 0.364. The summed E-state index contributed by atoms with van der Waals surface area (Å²) in [4.78, 5) is 27.5. The van der Waals surface area contributed by atoms with Crippen LogP contribution >= 0.6 is 0 Å². The van der Waals surface area contributed by atoms with E-state index >= 15 is 0 Å². The Balaban J connectivity index is 3.82. The first-order valence-electron chi connectivity index (χ1n) is 9.15. The predicted octanol–water partition coefficient (Wildman–Crippen LogP) is 3.75. The van der Waals surface area contributed by atoms with Gasteiger partial charge in [0, 0.05) is 43.5 Å². The molecule has 0 fully saturated rings. The number of nitrogens with one attached hydrogen (secondary N) is 1. The number of Topliss-reactive ketones (excluding diaryl/α,β-unsaturated/α-hetero) is 1. The molecule has 27 heavy (non-hydrogen) atoms. The van der Waals surface area contributed by atoms with E-state index in [0.29, 0.717) is 22.4 Å². The van der Waals surface area contributed by atoms with Gasteiger partial charge in [0.2, 0.25) is 0 Å². The zero-order chi connectivity index (χ0) is 21.3. The van der Waals surface area contributed by atoms with Crippen LogP contribution in [0.4, 0.5) is 0 Å². The Morgan fingerprint density at radius 3 is 1.67 bits per heavy atom. The van der Waals surface area contributed by atoms with Crippen molar-refractivity contribution in [3.05, 3.63) is 40.1 Å². The first-order chi connectivity index (χ1) is 12.1. The van der Waals surface area contributed by atoms with Crippen LogP contribution in [0.25, 0.3) is 0 Å². The lowest BCUT2D eigenvalue weighted by molar-refractivity contribution is -0.116. The van der Waals surface area contributed by atoms with Gasteiger partial charge in [-0.25, -0.2) is 0 Å². The molecule has 2 N–H and O–H groups in total. The maximum atomic E-state index is 13.3. The van der Waals surface area contributed by atoms with E-state index in [0.717, 1.165) is 0 Å². The summed E-state index contributed by atoms with van der Waals surface area (Å²) in [6.45, 7) is 13.7. The van der Waals surface area contributed by atoms with E-state index in [-0.39, 0.29) is 27.9 Å². The van der Waals surface area contributed by atoms with Crippen LogP contribution in [0.2, 0.25) is 0 Å². The number of rotatable bonds is 4. The van der Waals surface area contributed by atoms with E-state index < -0.39 is 5.91 Å². The molecule has 150 valence electrons. The van der Waals surface area contributed by atoms with Gasteiger partial charge in [-0.2, -0.15) is 0 Å². The van der Waals surface area contributed by atoms with E-state index in [9.17, 15) is 14.7 Å². The van der Waals surface area contributed by atoms with Crippen molar-refractivity contribution in [3.8, 4) is 5.75 Å². The lowest BCUT2D eigenvalue weighted by atomic mass is 9.77. The highest BCUT2D eigenvalue weighted by Crippen LogP contribution is 2.40. The Hall–Kier alpha value is -2.30. The number of amides is 1. The molecule has 0 aliphatic heterocycles. The molecular formula is C22H34N2O3. The summed E-state index contributed by atoms with van der Waals surface area (Å²) in [5, 5.41) is 13.4. The first-order valence-corrected chi connectivity index (χ1v) is 9.15. The standard InChI is InChI=1S/C22H34N2O3/c1-13(24(9)10)17(20(27)23-8)18(25)14-11-15(21(2,3)4)19(26)16(12-14)22(5,6)7/h11-12,26H,1-10H3,(H,23,27)/b17-13-. The van der Waals surface area contributed by atoms with Crippen molar-refractivity contribution in [2.24, 2.45) is 0 Å². The minimum Gasteiger partial charge on any atom is -0.507 e. The van der Waals surface area contributed by atoms with E-state index in [1.54, 1.807) is 38.1 Å². The largest absolute Gasteiger partial charge is 0.507 e. The normalized spacial score (nSPS) is 13.1. The smallest absolute Gasteiger partial charge is 0.256 e. The van der Waals surface area contributed by atoms with Gasteiger partial charge in [-0.05, 0) is 29.9 Å². The van der Waals surface area contributed by atoms with E-state index in [4.69, 9.17) is 0 Å². The maximum Gasteiger partial charge on any atom is 0.256 e. The Morgan fingerprint density at radius 2 is 1.37 bits per heavy atom. The fraction of sp³-hybridized carbons (Fsp3) is 0.545. The van der Waals surface area contributed by atoms with Crippen LogP contribution in [0.3, 0.4) is 0 Å². The fourth-order valence-corrected chi connectivity index (χ4v) is 2.83. The van der Waals surface area contributed by atoms with Crippen LogP contribution in [-0.4, -0.2) is 42.8 Å². The molecule has 0 aromatic heterocycles. The molecule has 1 amide bonds. The van der Waals surface area contributed by atoms with Crippen LogP contribution in [0.15, 0.2) is 23.4 Å². The highest BCUT2D eigenvalue weighted by molar-refractivity contribution is 6.26. The molecule has 5 nitrogen and oxygen atoms in total. The van der Waals surface area contributed by atoms with Crippen molar-refractivity contribution in [1.29, 1.82) is 0 Å². The summed E-state index contributed by atoms with van der Waals surface area (Å²) >= 11 is 0. The number of benzene rings is 1. The molecule has 0 unspecified atom stereocenters. The first kappa shape index (κ1) is 22.7. The van der Waals surface area contributed by atoms with Crippen LogP contribution in [-0.2, 0) is 15.6 Å². The summed E-state index contributed by atoms with van der Waals surface area (Å²) in [5.41, 5.74) is 1.77. The molecular weight excluding hydrogens is 340 g/mol. The van der Waals surface area contributed by atoms with E-state index in [2.05, 4.69) is 5.32 Å². The number of hydrogen-bond acceptors (Lipinski definition) is 4. The Morgan fingerprint density at radius 1 is 0.963 bits per heavy atom.